The van der Waals surface area contributed by atoms with E-state index in [1.165, 1.54) is 64.7 Å². The first-order valence-electron chi connectivity index (χ1n) is 7.62. The van der Waals surface area contributed by atoms with E-state index in [0.29, 0.717) is 5.41 Å². The van der Waals surface area contributed by atoms with Crippen molar-refractivity contribution in [1.82, 2.24) is 9.80 Å². The molecule has 100 valence electrons. The first-order chi connectivity index (χ1) is 8.19. The summed E-state index contributed by atoms with van der Waals surface area (Å²) in [6.45, 7) is 10.1. The number of nitrogens with zero attached hydrogens (tertiary/aromatic N) is 2. The van der Waals surface area contributed by atoms with Gasteiger partial charge in [0.25, 0.3) is 0 Å². The van der Waals surface area contributed by atoms with E-state index in [4.69, 9.17) is 0 Å². The van der Waals surface area contributed by atoms with Gasteiger partial charge in [0.15, 0.2) is 0 Å². The molecule has 2 aliphatic heterocycles. The van der Waals surface area contributed by atoms with Crippen molar-refractivity contribution < 1.29 is 0 Å². The number of hydrogen-bond acceptors (Lipinski definition) is 2. The Morgan fingerprint density at radius 1 is 1.00 bits per heavy atom. The summed E-state index contributed by atoms with van der Waals surface area (Å²) in [7, 11) is 2.26. The second-order valence-corrected chi connectivity index (χ2v) is 6.44. The fourth-order valence-electron chi connectivity index (χ4n) is 3.66. The Balaban J connectivity index is 1.79. The molecule has 0 aromatic heterocycles. The fraction of sp³-hybridized carbons (Fsp3) is 1.00. The van der Waals surface area contributed by atoms with Crippen LogP contribution in [0.5, 0.6) is 0 Å². The molecule has 2 nitrogen and oxygen atoms in total. The smallest absolute Gasteiger partial charge is 0.00955 e. The molecule has 0 amide bonds. The minimum Gasteiger partial charge on any atom is -0.306 e. The summed E-state index contributed by atoms with van der Waals surface area (Å²) >= 11 is 0. The largest absolute Gasteiger partial charge is 0.306 e. The summed E-state index contributed by atoms with van der Waals surface area (Å²) < 4.78 is 0. The van der Waals surface area contributed by atoms with E-state index in [9.17, 15) is 0 Å². The van der Waals surface area contributed by atoms with Gasteiger partial charge in [0.2, 0.25) is 0 Å². The van der Waals surface area contributed by atoms with Crippen molar-refractivity contribution >= 4 is 0 Å². The van der Waals surface area contributed by atoms with Crippen LogP contribution in [0.3, 0.4) is 0 Å². The van der Waals surface area contributed by atoms with Crippen LogP contribution in [-0.2, 0) is 0 Å². The van der Waals surface area contributed by atoms with Crippen molar-refractivity contribution in [2.45, 2.75) is 58.4 Å². The Kier molecular flexibility index (Phi) is 4.48. The zero-order valence-corrected chi connectivity index (χ0v) is 12.0. The van der Waals surface area contributed by atoms with Gasteiger partial charge in [-0.1, -0.05) is 26.7 Å². The van der Waals surface area contributed by atoms with Gasteiger partial charge in [0.05, 0.1) is 0 Å². The molecule has 0 aliphatic carbocycles. The normalized spacial score (nSPS) is 25.4. The molecule has 1 spiro atoms. The third-order valence-electron chi connectivity index (χ3n) is 4.88. The highest BCUT2D eigenvalue weighted by atomic mass is 15.2. The molecule has 2 aliphatic rings. The highest BCUT2D eigenvalue weighted by Crippen LogP contribution is 2.42. The van der Waals surface area contributed by atoms with Gasteiger partial charge in [0, 0.05) is 19.1 Å². The van der Waals surface area contributed by atoms with Crippen LogP contribution in [0, 0.1) is 5.41 Å². The molecule has 2 heteroatoms. The van der Waals surface area contributed by atoms with E-state index in [0.717, 1.165) is 6.04 Å². The van der Waals surface area contributed by atoms with Crippen LogP contribution in [-0.4, -0.2) is 49.1 Å². The molecule has 0 atom stereocenters. The van der Waals surface area contributed by atoms with Crippen molar-refractivity contribution in [3.63, 3.8) is 0 Å². The van der Waals surface area contributed by atoms with E-state index in [2.05, 4.69) is 30.7 Å². The zero-order valence-electron chi connectivity index (χ0n) is 12.0. The minimum absolute atomic E-state index is 0.715. The molecule has 2 fully saturated rings. The Hall–Kier alpha value is -0.0800. The van der Waals surface area contributed by atoms with Crippen LogP contribution in [0.1, 0.15) is 52.4 Å². The molecule has 0 aromatic rings. The zero-order chi connectivity index (χ0) is 12.3. The lowest BCUT2D eigenvalue weighted by molar-refractivity contribution is -0.0695. The maximum atomic E-state index is 2.78. The molecule has 0 N–H and O–H groups in total. The van der Waals surface area contributed by atoms with Crippen molar-refractivity contribution in [1.29, 1.82) is 0 Å². The lowest BCUT2D eigenvalue weighted by Crippen LogP contribution is -2.62. The van der Waals surface area contributed by atoms with Crippen LogP contribution < -0.4 is 0 Å². The summed E-state index contributed by atoms with van der Waals surface area (Å²) in [5, 5.41) is 0. The summed E-state index contributed by atoms with van der Waals surface area (Å²) in [6, 6.07) is 0.885. The molecule has 2 heterocycles. The SMILES string of the molecule is CCCC(CCC)N1CC2(CCN(C)CC2)C1. The first-order valence-corrected chi connectivity index (χ1v) is 7.62. The van der Waals surface area contributed by atoms with Gasteiger partial charge >= 0.3 is 0 Å². The topological polar surface area (TPSA) is 6.48 Å². The van der Waals surface area contributed by atoms with Crippen LogP contribution >= 0.6 is 0 Å². The van der Waals surface area contributed by atoms with Crippen LogP contribution in [0.4, 0.5) is 0 Å². The number of hydrogen-bond donors (Lipinski definition) is 0. The van der Waals surface area contributed by atoms with E-state index in [-0.39, 0.29) is 0 Å². The molecule has 0 bridgehead atoms. The first kappa shape index (κ1) is 13.4. The average molecular weight is 238 g/mol. The number of rotatable bonds is 5. The maximum Gasteiger partial charge on any atom is 0.00955 e. The lowest BCUT2D eigenvalue weighted by atomic mass is 9.71. The standard InChI is InChI=1S/C15H30N2/c1-4-6-14(7-5-2)17-12-15(13-17)8-10-16(3)11-9-15/h14H,4-13H2,1-3H3. The Bertz CT molecular complexity index is 217. The Morgan fingerprint density at radius 2 is 1.53 bits per heavy atom. The van der Waals surface area contributed by atoms with Crippen LogP contribution in [0.25, 0.3) is 0 Å². The van der Waals surface area contributed by atoms with E-state index < -0.39 is 0 Å². The Labute approximate surface area is 107 Å². The predicted molar refractivity (Wildman–Crippen MR) is 74.3 cm³/mol. The fourth-order valence-corrected chi connectivity index (χ4v) is 3.66. The van der Waals surface area contributed by atoms with Gasteiger partial charge < -0.3 is 4.90 Å². The second kappa shape index (κ2) is 5.71. The molecule has 0 radical (unpaired) electrons. The van der Waals surface area contributed by atoms with E-state index in [1.54, 1.807) is 0 Å². The molecule has 0 unspecified atom stereocenters. The third kappa shape index (κ3) is 3.03. The minimum atomic E-state index is 0.715. The van der Waals surface area contributed by atoms with Crippen molar-refractivity contribution in [2.24, 2.45) is 5.41 Å². The quantitative estimate of drug-likeness (QED) is 0.726. The summed E-state index contributed by atoms with van der Waals surface area (Å²) in [5.41, 5.74) is 0.715. The van der Waals surface area contributed by atoms with Gasteiger partial charge in [-0.25, -0.2) is 0 Å². The van der Waals surface area contributed by atoms with Gasteiger partial charge in [-0.3, -0.25) is 4.90 Å². The third-order valence-corrected chi connectivity index (χ3v) is 4.88. The molecule has 17 heavy (non-hydrogen) atoms. The molecule has 2 saturated heterocycles. The summed E-state index contributed by atoms with van der Waals surface area (Å²) in [6.07, 6.45) is 8.37. The van der Waals surface area contributed by atoms with E-state index in [1.807, 2.05) is 0 Å². The molecule has 0 saturated carbocycles. The second-order valence-electron chi connectivity index (χ2n) is 6.44. The molecular weight excluding hydrogens is 208 g/mol. The van der Waals surface area contributed by atoms with Gasteiger partial charge in [-0.15, -0.1) is 0 Å². The maximum absolute atomic E-state index is 2.78. The van der Waals surface area contributed by atoms with Crippen LogP contribution in [0.15, 0.2) is 0 Å². The molecule has 0 aromatic carbocycles. The summed E-state index contributed by atoms with van der Waals surface area (Å²) in [5.74, 6) is 0. The highest BCUT2D eigenvalue weighted by Gasteiger charge is 2.45. The van der Waals surface area contributed by atoms with Crippen molar-refractivity contribution in [3.8, 4) is 0 Å². The highest BCUT2D eigenvalue weighted by molar-refractivity contribution is 4.99. The number of likely N-dealkylation sites (tertiary alicyclic amines) is 2. The van der Waals surface area contributed by atoms with E-state index >= 15 is 0 Å². The number of piperidine rings is 1. The van der Waals surface area contributed by atoms with Gasteiger partial charge in [0.1, 0.15) is 0 Å². The molecular formula is C15H30N2. The lowest BCUT2D eigenvalue weighted by Gasteiger charge is -2.56. The van der Waals surface area contributed by atoms with Gasteiger partial charge in [-0.2, -0.15) is 0 Å². The summed E-state index contributed by atoms with van der Waals surface area (Å²) in [4.78, 5) is 5.27. The monoisotopic (exact) mass is 238 g/mol. The Morgan fingerprint density at radius 3 is 2.00 bits per heavy atom. The van der Waals surface area contributed by atoms with Gasteiger partial charge in [-0.05, 0) is 51.2 Å². The average Bonchev–Trinajstić information content (AvgIpc) is 2.27. The van der Waals surface area contributed by atoms with Crippen molar-refractivity contribution in [3.05, 3.63) is 0 Å². The van der Waals surface area contributed by atoms with Crippen molar-refractivity contribution in [2.75, 3.05) is 33.2 Å². The molecule has 2 rings (SSSR count). The van der Waals surface area contributed by atoms with Crippen LogP contribution in [0.2, 0.25) is 0 Å². The predicted octanol–water partition coefficient (Wildman–Crippen LogP) is 2.98.